The van der Waals surface area contributed by atoms with E-state index in [1.54, 1.807) is 42.3 Å². The third kappa shape index (κ3) is 6.43. The molecule has 5 aromatic rings. The van der Waals surface area contributed by atoms with Gasteiger partial charge in [-0.05, 0) is 47.0 Å². The number of carbonyl (C=O) groups excluding carboxylic acids is 1. The number of carbonyl (C=O) groups is 1. The van der Waals surface area contributed by atoms with E-state index in [4.69, 9.17) is 16.3 Å². The molecule has 0 aliphatic carbocycles. The van der Waals surface area contributed by atoms with E-state index in [-0.39, 0.29) is 27.9 Å². The maximum absolute atomic E-state index is 14.4. The monoisotopic (exact) mass is 610 g/mol. The van der Waals surface area contributed by atoms with Crippen LogP contribution < -0.4 is 9.04 Å². The molecule has 0 heterocycles. The average Bonchev–Trinajstić information content (AvgIpc) is 3.05. The van der Waals surface area contributed by atoms with Crippen molar-refractivity contribution < 1.29 is 17.9 Å². The van der Waals surface area contributed by atoms with Crippen LogP contribution in [0.3, 0.4) is 0 Å². The van der Waals surface area contributed by atoms with Gasteiger partial charge in [0.2, 0.25) is 0 Å². The standard InChI is InChI=1S/C35H31ClN2O4S/c1-37(34(27-16-8-4-9-17-27)28-18-10-5-11-19-28)35(39)29-22-23-30(36)33(24-29)43(40,41)38(25-26-14-6-3-7-15-26)31-20-12-13-21-32(31)42-2/h3-24,34H,25H2,1-2H3. The van der Waals surface area contributed by atoms with Crippen LogP contribution in [0, 0.1) is 0 Å². The van der Waals surface area contributed by atoms with E-state index in [1.165, 1.54) is 23.5 Å². The van der Waals surface area contributed by atoms with Crippen molar-refractivity contribution in [3.8, 4) is 5.75 Å². The molecule has 0 aromatic heterocycles. The van der Waals surface area contributed by atoms with Gasteiger partial charge in [-0.2, -0.15) is 0 Å². The van der Waals surface area contributed by atoms with Crippen LogP contribution in [0.25, 0.3) is 0 Å². The van der Waals surface area contributed by atoms with Crippen molar-refractivity contribution in [2.45, 2.75) is 17.5 Å². The number of para-hydroxylation sites is 2. The number of rotatable bonds is 10. The SMILES string of the molecule is COc1ccccc1N(Cc1ccccc1)S(=O)(=O)c1cc(C(=O)N(C)C(c2ccccc2)c2ccccc2)ccc1Cl. The number of hydrogen-bond donors (Lipinski definition) is 0. The number of sulfonamides is 1. The normalized spacial score (nSPS) is 11.3. The topological polar surface area (TPSA) is 66.9 Å². The molecule has 0 N–H and O–H groups in total. The third-order valence-electron chi connectivity index (χ3n) is 7.21. The Balaban J connectivity index is 1.57. The fourth-order valence-corrected chi connectivity index (χ4v) is 7.04. The van der Waals surface area contributed by atoms with E-state index in [2.05, 4.69) is 0 Å². The van der Waals surface area contributed by atoms with E-state index >= 15 is 0 Å². The molecular weight excluding hydrogens is 580 g/mol. The lowest BCUT2D eigenvalue weighted by molar-refractivity contribution is 0.0755. The number of amides is 1. The van der Waals surface area contributed by atoms with Crippen molar-refractivity contribution >= 4 is 33.2 Å². The average molecular weight is 611 g/mol. The molecule has 0 radical (unpaired) electrons. The Bertz CT molecular complexity index is 1760. The Morgan fingerprint density at radius 1 is 0.767 bits per heavy atom. The summed E-state index contributed by atoms with van der Waals surface area (Å²) in [6, 6.07) is 39.5. The molecule has 218 valence electrons. The first kappa shape index (κ1) is 29.9. The Morgan fingerprint density at radius 2 is 1.30 bits per heavy atom. The first-order valence-corrected chi connectivity index (χ1v) is 15.5. The second-order valence-electron chi connectivity index (χ2n) is 9.95. The number of methoxy groups -OCH3 is 1. The van der Waals surface area contributed by atoms with Gasteiger partial charge >= 0.3 is 0 Å². The van der Waals surface area contributed by atoms with E-state index in [0.717, 1.165) is 16.7 Å². The number of nitrogens with zero attached hydrogens (tertiary/aromatic N) is 2. The van der Waals surface area contributed by atoms with Crippen molar-refractivity contribution in [2.24, 2.45) is 0 Å². The predicted molar refractivity (Wildman–Crippen MR) is 171 cm³/mol. The molecule has 0 aliphatic heterocycles. The Morgan fingerprint density at radius 3 is 1.88 bits per heavy atom. The number of anilines is 1. The van der Waals surface area contributed by atoms with Crippen molar-refractivity contribution in [1.29, 1.82) is 0 Å². The van der Waals surface area contributed by atoms with E-state index in [1.807, 2.05) is 91.0 Å². The molecular formula is C35H31ClN2O4S. The molecule has 0 aliphatic rings. The smallest absolute Gasteiger partial charge is 0.266 e. The maximum Gasteiger partial charge on any atom is 0.266 e. The number of hydrogen-bond acceptors (Lipinski definition) is 4. The molecule has 43 heavy (non-hydrogen) atoms. The number of halogens is 1. The van der Waals surface area contributed by atoms with Crippen LogP contribution in [-0.4, -0.2) is 33.4 Å². The van der Waals surface area contributed by atoms with Gasteiger partial charge in [0.25, 0.3) is 15.9 Å². The summed E-state index contributed by atoms with van der Waals surface area (Å²) in [7, 11) is -1.07. The van der Waals surface area contributed by atoms with Crippen molar-refractivity contribution in [1.82, 2.24) is 4.90 Å². The van der Waals surface area contributed by atoms with Crippen LogP contribution in [0.2, 0.25) is 5.02 Å². The first-order chi connectivity index (χ1) is 20.8. The van der Waals surface area contributed by atoms with E-state index in [9.17, 15) is 13.2 Å². The molecule has 0 atom stereocenters. The highest BCUT2D eigenvalue weighted by atomic mass is 35.5. The highest BCUT2D eigenvalue weighted by Crippen LogP contribution is 2.36. The summed E-state index contributed by atoms with van der Waals surface area (Å²) in [6.07, 6.45) is 0. The predicted octanol–water partition coefficient (Wildman–Crippen LogP) is 7.61. The lowest BCUT2D eigenvalue weighted by Crippen LogP contribution is -2.33. The lowest BCUT2D eigenvalue weighted by atomic mass is 9.97. The highest BCUT2D eigenvalue weighted by Gasteiger charge is 2.31. The van der Waals surface area contributed by atoms with Crippen molar-refractivity contribution in [3.05, 3.63) is 161 Å². The first-order valence-electron chi connectivity index (χ1n) is 13.7. The van der Waals surface area contributed by atoms with Gasteiger partial charge in [0.1, 0.15) is 10.6 Å². The lowest BCUT2D eigenvalue weighted by Gasteiger charge is -2.30. The molecule has 0 spiro atoms. The number of benzene rings is 5. The molecule has 5 aromatic carbocycles. The third-order valence-corrected chi connectivity index (χ3v) is 9.45. The minimum Gasteiger partial charge on any atom is -0.495 e. The molecule has 0 bridgehead atoms. The zero-order chi connectivity index (χ0) is 30.4. The Kier molecular flexibility index (Phi) is 9.14. The highest BCUT2D eigenvalue weighted by molar-refractivity contribution is 7.93. The second-order valence-corrected chi connectivity index (χ2v) is 12.2. The van der Waals surface area contributed by atoms with Crippen LogP contribution >= 0.6 is 11.6 Å². The number of ether oxygens (including phenoxy) is 1. The Labute approximate surface area is 257 Å². The van der Waals surface area contributed by atoms with E-state index in [0.29, 0.717) is 11.4 Å². The van der Waals surface area contributed by atoms with Crippen LogP contribution in [0.4, 0.5) is 5.69 Å². The zero-order valence-corrected chi connectivity index (χ0v) is 25.4. The van der Waals surface area contributed by atoms with E-state index < -0.39 is 16.1 Å². The quantitative estimate of drug-likeness (QED) is 0.163. The van der Waals surface area contributed by atoms with Gasteiger partial charge in [0.15, 0.2) is 0 Å². The fraction of sp³-hybridized carbons (Fsp3) is 0.114. The summed E-state index contributed by atoms with van der Waals surface area (Å²) in [5, 5.41) is 0.00910. The molecule has 0 saturated heterocycles. The Hall–Kier alpha value is -4.59. The van der Waals surface area contributed by atoms with Gasteiger partial charge in [-0.1, -0.05) is 115 Å². The van der Waals surface area contributed by atoms with Crippen LogP contribution in [0.15, 0.2) is 138 Å². The van der Waals surface area contributed by atoms with Gasteiger partial charge in [0.05, 0.1) is 30.4 Å². The summed E-state index contributed by atoms with van der Waals surface area (Å²) in [4.78, 5) is 15.5. The summed E-state index contributed by atoms with van der Waals surface area (Å²) in [6.45, 7) is 0.0298. The molecule has 0 saturated carbocycles. The van der Waals surface area contributed by atoms with Gasteiger partial charge < -0.3 is 9.64 Å². The summed E-state index contributed by atoms with van der Waals surface area (Å²) in [5.41, 5.74) is 3.18. The molecule has 6 nitrogen and oxygen atoms in total. The summed E-state index contributed by atoms with van der Waals surface area (Å²) in [5.74, 6) is 0.0383. The minimum atomic E-state index is -4.27. The minimum absolute atomic E-state index is 0.00910. The second kappa shape index (κ2) is 13.2. The van der Waals surface area contributed by atoms with Crippen LogP contribution in [0.1, 0.15) is 33.1 Å². The van der Waals surface area contributed by atoms with Gasteiger partial charge in [0, 0.05) is 12.6 Å². The van der Waals surface area contributed by atoms with Crippen molar-refractivity contribution in [3.63, 3.8) is 0 Å². The molecule has 0 fully saturated rings. The van der Waals surface area contributed by atoms with Crippen LogP contribution in [-0.2, 0) is 16.6 Å². The molecule has 5 rings (SSSR count). The molecule has 0 unspecified atom stereocenters. The van der Waals surface area contributed by atoms with Gasteiger partial charge in [-0.3, -0.25) is 9.10 Å². The zero-order valence-electron chi connectivity index (χ0n) is 23.8. The molecule has 1 amide bonds. The largest absolute Gasteiger partial charge is 0.495 e. The summed E-state index contributed by atoms with van der Waals surface area (Å²) < 4.78 is 35.6. The molecule has 8 heteroatoms. The van der Waals surface area contributed by atoms with Gasteiger partial charge in [-0.25, -0.2) is 8.42 Å². The summed E-state index contributed by atoms with van der Waals surface area (Å²) >= 11 is 6.57. The van der Waals surface area contributed by atoms with Crippen molar-refractivity contribution in [2.75, 3.05) is 18.5 Å². The van der Waals surface area contributed by atoms with Gasteiger partial charge in [-0.15, -0.1) is 0 Å². The van der Waals surface area contributed by atoms with Crippen LogP contribution in [0.5, 0.6) is 5.75 Å². The fourth-order valence-electron chi connectivity index (χ4n) is 5.07. The maximum atomic E-state index is 14.4.